The van der Waals surface area contributed by atoms with Crippen molar-refractivity contribution in [2.24, 2.45) is 0 Å². The van der Waals surface area contributed by atoms with Gasteiger partial charge in [0.1, 0.15) is 5.75 Å². The average Bonchev–Trinajstić information content (AvgIpc) is 2.17. The SMILES string of the molecule is CCOc1cncc(S(=O)(=O)C(C)(C)C)c1. The van der Waals surface area contributed by atoms with Crippen molar-refractivity contribution < 1.29 is 13.2 Å². The summed E-state index contributed by atoms with van der Waals surface area (Å²) in [5.41, 5.74) is 0. The van der Waals surface area contributed by atoms with E-state index in [2.05, 4.69) is 4.98 Å². The molecule has 0 spiro atoms. The van der Waals surface area contributed by atoms with E-state index in [0.717, 1.165) is 0 Å². The lowest BCUT2D eigenvalue weighted by Gasteiger charge is -2.19. The van der Waals surface area contributed by atoms with Crippen LogP contribution in [0.3, 0.4) is 0 Å². The molecule has 0 amide bonds. The molecular formula is C11H17NO3S. The minimum absolute atomic E-state index is 0.200. The highest BCUT2D eigenvalue weighted by atomic mass is 32.2. The van der Waals surface area contributed by atoms with Gasteiger partial charge in [0.15, 0.2) is 9.84 Å². The zero-order valence-electron chi connectivity index (χ0n) is 10.0. The van der Waals surface area contributed by atoms with Crippen LogP contribution in [-0.2, 0) is 9.84 Å². The summed E-state index contributed by atoms with van der Waals surface area (Å²) in [4.78, 5) is 4.08. The normalized spacial score (nSPS) is 12.5. The molecule has 0 unspecified atom stereocenters. The van der Waals surface area contributed by atoms with E-state index in [1.807, 2.05) is 6.92 Å². The molecule has 0 fully saturated rings. The predicted octanol–water partition coefficient (Wildman–Crippen LogP) is 2.05. The van der Waals surface area contributed by atoms with Crippen LogP contribution >= 0.6 is 0 Å². The Hall–Kier alpha value is -1.10. The van der Waals surface area contributed by atoms with Crippen LogP contribution in [0, 0.1) is 0 Å². The first-order chi connectivity index (χ1) is 7.29. The predicted molar refractivity (Wildman–Crippen MR) is 62.3 cm³/mol. The first-order valence-corrected chi connectivity index (χ1v) is 6.60. The Bertz CT molecular complexity index is 460. The molecular weight excluding hydrogens is 226 g/mol. The molecule has 0 saturated carbocycles. The number of nitrogens with zero attached hydrogens (tertiary/aromatic N) is 1. The first-order valence-electron chi connectivity index (χ1n) is 5.11. The summed E-state index contributed by atoms with van der Waals surface area (Å²) >= 11 is 0. The molecule has 0 atom stereocenters. The molecule has 0 N–H and O–H groups in total. The summed E-state index contributed by atoms with van der Waals surface area (Å²) in [5, 5.41) is 0. The first kappa shape index (κ1) is 13.0. The van der Waals surface area contributed by atoms with Crippen molar-refractivity contribution >= 4 is 9.84 Å². The fraction of sp³-hybridized carbons (Fsp3) is 0.545. The van der Waals surface area contributed by atoms with E-state index < -0.39 is 14.6 Å². The maximum atomic E-state index is 12.1. The van der Waals surface area contributed by atoms with Crippen LogP contribution in [0.1, 0.15) is 27.7 Å². The van der Waals surface area contributed by atoms with Gasteiger partial charge in [-0.2, -0.15) is 0 Å². The number of rotatable bonds is 3. The van der Waals surface area contributed by atoms with E-state index in [4.69, 9.17) is 4.74 Å². The van der Waals surface area contributed by atoms with Crippen LogP contribution in [0.2, 0.25) is 0 Å². The molecule has 0 radical (unpaired) electrons. The summed E-state index contributed by atoms with van der Waals surface area (Å²) in [6.45, 7) is 7.31. The van der Waals surface area contributed by atoms with Gasteiger partial charge in [0.25, 0.3) is 0 Å². The molecule has 0 aliphatic rings. The van der Waals surface area contributed by atoms with E-state index in [-0.39, 0.29) is 4.90 Å². The van der Waals surface area contributed by atoms with Gasteiger partial charge in [0, 0.05) is 12.3 Å². The number of pyridine rings is 1. The zero-order chi connectivity index (χ0) is 12.4. The lowest BCUT2D eigenvalue weighted by Crippen LogP contribution is -2.28. The Kier molecular flexibility index (Phi) is 3.57. The highest BCUT2D eigenvalue weighted by molar-refractivity contribution is 7.92. The summed E-state index contributed by atoms with van der Waals surface area (Å²) in [7, 11) is -3.36. The Morgan fingerprint density at radius 3 is 2.44 bits per heavy atom. The highest BCUT2D eigenvalue weighted by Gasteiger charge is 2.31. The van der Waals surface area contributed by atoms with Crippen molar-refractivity contribution in [2.45, 2.75) is 37.3 Å². The summed E-state index contributed by atoms with van der Waals surface area (Å²) in [6, 6.07) is 1.51. The van der Waals surface area contributed by atoms with Gasteiger partial charge in [0.2, 0.25) is 0 Å². The third kappa shape index (κ3) is 2.52. The fourth-order valence-electron chi connectivity index (χ4n) is 1.15. The van der Waals surface area contributed by atoms with Crippen molar-refractivity contribution in [3.63, 3.8) is 0 Å². The van der Waals surface area contributed by atoms with Gasteiger partial charge < -0.3 is 4.74 Å². The van der Waals surface area contributed by atoms with Gasteiger partial charge in [-0.3, -0.25) is 4.98 Å². The molecule has 90 valence electrons. The fourth-order valence-corrected chi connectivity index (χ4v) is 2.32. The smallest absolute Gasteiger partial charge is 0.184 e. The Morgan fingerprint density at radius 2 is 1.94 bits per heavy atom. The van der Waals surface area contributed by atoms with E-state index in [0.29, 0.717) is 12.4 Å². The van der Waals surface area contributed by atoms with Crippen LogP contribution in [0.15, 0.2) is 23.4 Å². The van der Waals surface area contributed by atoms with E-state index in [1.54, 1.807) is 20.8 Å². The highest BCUT2D eigenvalue weighted by Crippen LogP contribution is 2.26. The maximum Gasteiger partial charge on any atom is 0.184 e. The maximum absolute atomic E-state index is 12.1. The average molecular weight is 243 g/mol. The Labute approximate surface area is 96.6 Å². The molecule has 1 aromatic rings. The molecule has 0 aliphatic carbocycles. The standard InChI is InChI=1S/C11H17NO3S/c1-5-15-9-6-10(8-12-7-9)16(13,14)11(2,3)4/h6-8H,5H2,1-4H3. The third-order valence-electron chi connectivity index (χ3n) is 2.12. The van der Waals surface area contributed by atoms with Crippen LogP contribution < -0.4 is 4.74 Å². The monoisotopic (exact) mass is 243 g/mol. The van der Waals surface area contributed by atoms with Crippen molar-refractivity contribution in [1.82, 2.24) is 4.98 Å². The minimum atomic E-state index is -3.36. The second-order valence-electron chi connectivity index (χ2n) is 4.41. The molecule has 0 aliphatic heterocycles. The number of hydrogen-bond donors (Lipinski definition) is 0. The molecule has 1 aromatic heterocycles. The van der Waals surface area contributed by atoms with E-state index >= 15 is 0 Å². The lowest BCUT2D eigenvalue weighted by atomic mass is 10.3. The van der Waals surface area contributed by atoms with Gasteiger partial charge in [0.05, 0.1) is 22.4 Å². The van der Waals surface area contributed by atoms with Gasteiger partial charge in [-0.1, -0.05) is 0 Å². The summed E-state index contributed by atoms with van der Waals surface area (Å²) < 4.78 is 28.6. The van der Waals surface area contributed by atoms with Crippen LogP contribution in [0.25, 0.3) is 0 Å². The molecule has 0 saturated heterocycles. The molecule has 5 heteroatoms. The number of ether oxygens (including phenoxy) is 1. The Balaban J connectivity index is 3.20. The van der Waals surface area contributed by atoms with E-state index in [1.165, 1.54) is 18.5 Å². The largest absolute Gasteiger partial charge is 0.492 e. The van der Waals surface area contributed by atoms with Crippen molar-refractivity contribution in [1.29, 1.82) is 0 Å². The molecule has 1 rings (SSSR count). The zero-order valence-corrected chi connectivity index (χ0v) is 10.8. The quantitative estimate of drug-likeness (QED) is 0.815. The number of hydrogen-bond acceptors (Lipinski definition) is 4. The topological polar surface area (TPSA) is 56.3 Å². The van der Waals surface area contributed by atoms with Crippen LogP contribution in [-0.4, -0.2) is 24.8 Å². The van der Waals surface area contributed by atoms with Crippen molar-refractivity contribution in [2.75, 3.05) is 6.61 Å². The molecule has 16 heavy (non-hydrogen) atoms. The molecule has 0 bridgehead atoms. The van der Waals surface area contributed by atoms with Crippen molar-refractivity contribution in [3.05, 3.63) is 18.5 Å². The molecule has 1 heterocycles. The Morgan fingerprint density at radius 1 is 1.31 bits per heavy atom. The van der Waals surface area contributed by atoms with Crippen LogP contribution in [0.4, 0.5) is 0 Å². The second kappa shape index (κ2) is 4.41. The van der Waals surface area contributed by atoms with Gasteiger partial charge in [-0.15, -0.1) is 0 Å². The van der Waals surface area contributed by atoms with Gasteiger partial charge >= 0.3 is 0 Å². The van der Waals surface area contributed by atoms with Crippen LogP contribution in [0.5, 0.6) is 5.75 Å². The number of aromatic nitrogens is 1. The second-order valence-corrected chi connectivity index (χ2v) is 7.11. The molecule has 0 aromatic carbocycles. The minimum Gasteiger partial charge on any atom is -0.492 e. The van der Waals surface area contributed by atoms with Gasteiger partial charge in [-0.25, -0.2) is 8.42 Å². The number of sulfone groups is 1. The molecule has 4 nitrogen and oxygen atoms in total. The van der Waals surface area contributed by atoms with E-state index in [9.17, 15) is 8.42 Å². The van der Waals surface area contributed by atoms with Crippen molar-refractivity contribution in [3.8, 4) is 5.75 Å². The lowest BCUT2D eigenvalue weighted by molar-refractivity contribution is 0.337. The summed E-state index contributed by atoms with van der Waals surface area (Å²) in [6.07, 6.45) is 2.86. The van der Waals surface area contributed by atoms with Gasteiger partial charge in [-0.05, 0) is 27.7 Å². The summed E-state index contributed by atoms with van der Waals surface area (Å²) in [5.74, 6) is 0.479. The third-order valence-corrected chi connectivity index (χ3v) is 4.57.